The number of sulfonamides is 1. The highest BCUT2D eigenvalue weighted by atomic mass is 32.2. The minimum atomic E-state index is -3.62. The summed E-state index contributed by atoms with van der Waals surface area (Å²) in [5.74, 6) is -0.179. The van der Waals surface area contributed by atoms with Crippen LogP contribution in [-0.4, -0.2) is 31.7 Å². The molecule has 0 spiro atoms. The van der Waals surface area contributed by atoms with Crippen LogP contribution in [0.2, 0.25) is 0 Å². The number of anilines is 1. The standard InChI is InChI=1S/C13H19N3O3S/c1-2-16(8-9-3-4-9)20(18,19)12-6-5-10(13(15)17)7-11(12)14/h5-7,9H,2-4,8,14H2,1H3,(H2,15,17). The summed E-state index contributed by atoms with van der Waals surface area (Å²) >= 11 is 0. The monoisotopic (exact) mass is 297 g/mol. The molecule has 4 N–H and O–H groups in total. The van der Waals surface area contributed by atoms with Gasteiger partial charge in [-0.05, 0) is 37.0 Å². The summed E-state index contributed by atoms with van der Waals surface area (Å²) in [6, 6.07) is 4.04. The number of carbonyl (C=O) groups is 1. The number of benzene rings is 1. The molecule has 1 aromatic carbocycles. The topological polar surface area (TPSA) is 106 Å². The summed E-state index contributed by atoms with van der Waals surface area (Å²) in [5, 5.41) is 0. The van der Waals surface area contributed by atoms with Gasteiger partial charge in [-0.25, -0.2) is 8.42 Å². The van der Waals surface area contributed by atoms with E-state index in [1.807, 2.05) is 0 Å². The average Bonchev–Trinajstić information content (AvgIpc) is 3.19. The first-order valence-electron chi connectivity index (χ1n) is 6.55. The fraction of sp³-hybridized carbons (Fsp3) is 0.462. The Labute approximate surface area is 118 Å². The van der Waals surface area contributed by atoms with Gasteiger partial charge in [0.2, 0.25) is 15.9 Å². The first-order chi connectivity index (χ1) is 9.36. The van der Waals surface area contributed by atoms with Crippen molar-refractivity contribution in [2.75, 3.05) is 18.8 Å². The van der Waals surface area contributed by atoms with E-state index in [2.05, 4.69) is 0 Å². The van der Waals surface area contributed by atoms with Crippen molar-refractivity contribution in [3.8, 4) is 0 Å². The third kappa shape index (κ3) is 2.94. The molecule has 2 rings (SSSR count). The van der Waals surface area contributed by atoms with E-state index in [9.17, 15) is 13.2 Å². The second-order valence-corrected chi connectivity index (χ2v) is 6.92. The van der Waals surface area contributed by atoms with Gasteiger partial charge in [-0.1, -0.05) is 6.92 Å². The van der Waals surface area contributed by atoms with Gasteiger partial charge in [0.1, 0.15) is 4.90 Å². The lowest BCUT2D eigenvalue weighted by atomic mass is 10.2. The first kappa shape index (κ1) is 14.8. The van der Waals surface area contributed by atoms with Crippen LogP contribution in [0.1, 0.15) is 30.1 Å². The van der Waals surface area contributed by atoms with Crippen LogP contribution in [0, 0.1) is 5.92 Å². The second kappa shape index (κ2) is 5.41. The van der Waals surface area contributed by atoms with E-state index in [1.165, 1.54) is 22.5 Å². The lowest BCUT2D eigenvalue weighted by molar-refractivity contribution is 0.1000. The van der Waals surface area contributed by atoms with Crippen molar-refractivity contribution in [3.63, 3.8) is 0 Å². The molecule has 1 saturated carbocycles. The van der Waals surface area contributed by atoms with E-state index in [-0.39, 0.29) is 16.1 Å². The zero-order valence-corrected chi connectivity index (χ0v) is 12.2. The van der Waals surface area contributed by atoms with Crippen LogP contribution in [0.3, 0.4) is 0 Å². The Hall–Kier alpha value is -1.60. The molecule has 0 saturated heterocycles. The zero-order valence-electron chi connectivity index (χ0n) is 11.4. The van der Waals surface area contributed by atoms with Crippen molar-refractivity contribution in [1.82, 2.24) is 4.31 Å². The first-order valence-corrected chi connectivity index (χ1v) is 7.99. The summed E-state index contributed by atoms with van der Waals surface area (Å²) in [6.45, 7) is 2.72. The van der Waals surface area contributed by atoms with Gasteiger partial charge in [0.15, 0.2) is 0 Å². The van der Waals surface area contributed by atoms with E-state index >= 15 is 0 Å². The quantitative estimate of drug-likeness (QED) is 0.757. The predicted octanol–water partition coefficient (Wildman–Crippen LogP) is 0.788. The molecule has 0 heterocycles. The minimum Gasteiger partial charge on any atom is -0.398 e. The van der Waals surface area contributed by atoms with Gasteiger partial charge in [-0.2, -0.15) is 4.31 Å². The van der Waals surface area contributed by atoms with E-state index in [1.54, 1.807) is 6.92 Å². The normalized spacial score (nSPS) is 15.5. The SMILES string of the molecule is CCN(CC1CC1)S(=O)(=O)c1ccc(C(N)=O)cc1N. The molecule has 1 aliphatic carbocycles. The molecule has 6 nitrogen and oxygen atoms in total. The predicted molar refractivity (Wildman–Crippen MR) is 76.5 cm³/mol. The van der Waals surface area contributed by atoms with Crippen LogP contribution >= 0.6 is 0 Å². The van der Waals surface area contributed by atoms with Gasteiger partial charge < -0.3 is 11.5 Å². The van der Waals surface area contributed by atoms with Crippen molar-refractivity contribution in [1.29, 1.82) is 0 Å². The second-order valence-electron chi connectivity index (χ2n) is 5.02. The Morgan fingerprint density at radius 1 is 1.40 bits per heavy atom. The summed E-state index contributed by atoms with van der Waals surface area (Å²) in [7, 11) is -3.62. The molecule has 110 valence electrons. The Balaban J connectivity index is 2.34. The maximum atomic E-state index is 12.6. The van der Waals surface area contributed by atoms with Crippen molar-refractivity contribution in [3.05, 3.63) is 23.8 Å². The number of hydrogen-bond donors (Lipinski definition) is 2. The number of nitrogens with two attached hydrogens (primary N) is 2. The number of amides is 1. The third-order valence-corrected chi connectivity index (χ3v) is 5.44. The van der Waals surface area contributed by atoms with Crippen LogP contribution < -0.4 is 11.5 Å². The number of hydrogen-bond acceptors (Lipinski definition) is 4. The molecule has 1 fully saturated rings. The maximum absolute atomic E-state index is 12.6. The van der Waals surface area contributed by atoms with Crippen LogP contribution in [0.25, 0.3) is 0 Å². The smallest absolute Gasteiger partial charge is 0.248 e. The molecule has 0 radical (unpaired) electrons. The van der Waals surface area contributed by atoms with Gasteiger partial charge in [0.05, 0.1) is 5.69 Å². The molecule has 0 bridgehead atoms. The van der Waals surface area contributed by atoms with Crippen LogP contribution in [-0.2, 0) is 10.0 Å². The molecule has 0 atom stereocenters. The minimum absolute atomic E-state index is 0.0324. The highest BCUT2D eigenvalue weighted by molar-refractivity contribution is 7.89. The number of rotatable bonds is 6. The van der Waals surface area contributed by atoms with E-state index in [0.29, 0.717) is 19.0 Å². The molecule has 1 amide bonds. The van der Waals surface area contributed by atoms with Gasteiger partial charge in [0, 0.05) is 18.7 Å². The maximum Gasteiger partial charge on any atom is 0.248 e. The number of carbonyl (C=O) groups excluding carboxylic acids is 1. The summed E-state index contributed by atoms with van der Waals surface area (Å²) in [6.07, 6.45) is 2.14. The van der Waals surface area contributed by atoms with Crippen LogP contribution in [0.15, 0.2) is 23.1 Å². The molecule has 7 heteroatoms. The lowest BCUT2D eigenvalue weighted by Crippen LogP contribution is -2.33. The summed E-state index contributed by atoms with van der Waals surface area (Å²) in [4.78, 5) is 11.1. The molecule has 1 aliphatic rings. The van der Waals surface area contributed by atoms with Crippen molar-refractivity contribution < 1.29 is 13.2 Å². The number of primary amides is 1. The van der Waals surface area contributed by atoms with Gasteiger partial charge in [-0.3, -0.25) is 4.79 Å². The van der Waals surface area contributed by atoms with E-state index < -0.39 is 15.9 Å². The van der Waals surface area contributed by atoms with E-state index in [4.69, 9.17) is 11.5 Å². The average molecular weight is 297 g/mol. The molecular weight excluding hydrogens is 278 g/mol. The van der Waals surface area contributed by atoms with Crippen LogP contribution in [0.4, 0.5) is 5.69 Å². The Kier molecular flexibility index (Phi) is 4.01. The summed E-state index contributed by atoms with van der Waals surface area (Å²) < 4.78 is 26.5. The van der Waals surface area contributed by atoms with Crippen molar-refractivity contribution in [2.45, 2.75) is 24.7 Å². The van der Waals surface area contributed by atoms with Crippen molar-refractivity contribution >= 4 is 21.6 Å². The fourth-order valence-electron chi connectivity index (χ4n) is 2.06. The highest BCUT2D eigenvalue weighted by Gasteiger charge is 2.31. The Bertz CT molecular complexity index is 624. The fourth-order valence-corrected chi connectivity index (χ4v) is 3.68. The molecule has 0 aliphatic heterocycles. The van der Waals surface area contributed by atoms with Gasteiger partial charge in [-0.15, -0.1) is 0 Å². The van der Waals surface area contributed by atoms with Gasteiger partial charge in [0.25, 0.3) is 0 Å². The molecule has 20 heavy (non-hydrogen) atoms. The van der Waals surface area contributed by atoms with E-state index in [0.717, 1.165) is 12.8 Å². The van der Waals surface area contributed by atoms with Crippen LogP contribution in [0.5, 0.6) is 0 Å². The van der Waals surface area contributed by atoms with Crippen molar-refractivity contribution in [2.24, 2.45) is 11.7 Å². The largest absolute Gasteiger partial charge is 0.398 e. The third-order valence-electron chi connectivity index (χ3n) is 3.42. The zero-order chi connectivity index (χ0) is 14.9. The lowest BCUT2D eigenvalue weighted by Gasteiger charge is -2.21. The van der Waals surface area contributed by atoms with Gasteiger partial charge >= 0.3 is 0 Å². The summed E-state index contributed by atoms with van der Waals surface area (Å²) in [5.41, 5.74) is 11.2. The Morgan fingerprint density at radius 3 is 2.50 bits per heavy atom. The highest BCUT2D eigenvalue weighted by Crippen LogP contribution is 2.32. The number of nitrogen functional groups attached to an aromatic ring is 1. The molecular formula is C13H19N3O3S. The molecule has 1 aromatic rings. The molecule has 0 aromatic heterocycles. The number of nitrogens with zero attached hydrogens (tertiary/aromatic N) is 1. The molecule has 0 unspecified atom stereocenters. The Morgan fingerprint density at radius 2 is 2.05 bits per heavy atom.